The molecule has 1 aromatic heterocycles. The van der Waals surface area contributed by atoms with Crippen LogP contribution in [0.15, 0.2) is 29.2 Å². The lowest BCUT2D eigenvalue weighted by Crippen LogP contribution is -2.29. The summed E-state index contributed by atoms with van der Waals surface area (Å²) in [5.74, 6) is 0. The predicted molar refractivity (Wildman–Crippen MR) is 50.7 cm³/mol. The highest BCUT2D eigenvalue weighted by Crippen LogP contribution is 2.13. The number of alkyl halides is 3. The van der Waals surface area contributed by atoms with Gasteiger partial charge in [0, 0.05) is 25.4 Å². The first-order chi connectivity index (χ1) is 7.49. The Bertz CT molecular complexity index is 376. The van der Waals surface area contributed by atoms with E-state index >= 15 is 0 Å². The zero-order valence-electron chi connectivity index (χ0n) is 8.33. The Morgan fingerprint density at radius 3 is 2.75 bits per heavy atom. The highest BCUT2D eigenvalue weighted by molar-refractivity contribution is 4.92. The maximum atomic E-state index is 11.6. The van der Waals surface area contributed by atoms with E-state index in [2.05, 4.69) is 10.3 Å². The molecule has 0 fully saturated rings. The van der Waals surface area contributed by atoms with Crippen LogP contribution in [-0.2, 0) is 11.4 Å². The Kier molecular flexibility index (Phi) is 4.51. The molecule has 0 aliphatic rings. The summed E-state index contributed by atoms with van der Waals surface area (Å²) in [4.78, 5) is 15.3. The van der Waals surface area contributed by atoms with Gasteiger partial charge in [-0.1, -0.05) is 6.07 Å². The molecule has 7 heteroatoms. The van der Waals surface area contributed by atoms with E-state index < -0.39 is 12.8 Å². The van der Waals surface area contributed by atoms with E-state index in [4.69, 9.17) is 0 Å². The lowest BCUT2D eigenvalue weighted by Gasteiger charge is -2.09. The molecule has 0 spiro atoms. The summed E-state index contributed by atoms with van der Waals surface area (Å²) >= 11 is 0. The summed E-state index contributed by atoms with van der Waals surface area (Å²) in [5, 5.41) is 0. The van der Waals surface area contributed by atoms with Crippen molar-refractivity contribution in [3.05, 3.63) is 34.7 Å². The highest BCUT2D eigenvalue weighted by Gasteiger charge is 2.27. The lowest BCUT2D eigenvalue weighted by atomic mass is 10.4. The van der Waals surface area contributed by atoms with Crippen LogP contribution in [0.5, 0.6) is 0 Å². The van der Waals surface area contributed by atoms with E-state index in [0.29, 0.717) is 0 Å². The van der Waals surface area contributed by atoms with Crippen LogP contribution in [0.25, 0.3) is 0 Å². The smallest absolute Gasteiger partial charge is 0.314 e. The van der Waals surface area contributed by atoms with E-state index in [1.54, 1.807) is 18.3 Å². The number of aromatic nitrogens is 1. The summed E-state index contributed by atoms with van der Waals surface area (Å²) < 4.78 is 36.3. The van der Waals surface area contributed by atoms with E-state index in [9.17, 15) is 18.0 Å². The first-order valence-electron chi connectivity index (χ1n) is 4.56. The second-order valence-electron chi connectivity index (χ2n) is 3.03. The van der Waals surface area contributed by atoms with Gasteiger partial charge in [-0.3, -0.25) is 9.63 Å². The van der Waals surface area contributed by atoms with Crippen LogP contribution in [0.4, 0.5) is 13.2 Å². The Hall–Kier alpha value is -1.34. The van der Waals surface area contributed by atoms with Gasteiger partial charge in [-0.2, -0.15) is 13.2 Å². The fraction of sp³-hybridized carbons (Fsp3) is 0.444. The SMILES string of the molecule is O=c1ccccn1CCNOCC(F)(F)F. The van der Waals surface area contributed by atoms with Crippen LogP contribution in [-0.4, -0.2) is 23.9 Å². The number of hydroxylamine groups is 1. The number of halogens is 3. The van der Waals surface area contributed by atoms with Crippen molar-refractivity contribution in [1.82, 2.24) is 10.0 Å². The van der Waals surface area contributed by atoms with Gasteiger partial charge in [0.05, 0.1) is 0 Å². The number of hydrogen-bond acceptors (Lipinski definition) is 3. The summed E-state index contributed by atoms with van der Waals surface area (Å²) in [6.07, 6.45) is -2.80. The van der Waals surface area contributed by atoms with Crippen LogP contribution in [0, 0.1) is 0 Å². The Balaban J connectivity index is 2.22. The second-order valence-corrected chi connectivity index (χ2v) is 3.03. The number of hydrogen-bond donors (Lipinski definition) is 1. The quantitative estimate of drug-likeness (QED) is 0.611. The molecule has 0 amide bonds. The molecule has 1 rings (SSSR count). The molecule has 1 heterocycles. The van der Waals surface area contributed by atoms with Crippen molar-refractivity contribution in [1.29, 1.82) is 0 Å². The van der Waals surface area contributed by atoms with Gasteiger partial charge < -0.3 is 4.57 Å². The van der Waals surface area contributed by atoms with Crippen LogP contribution < -0.4 is 11.0 Å². The molecule has 0 radical (unpaired) electrons. The molecule has 0 aliphatic carbocycles. The van der Waals surface area contributed by atoms with Crippen molar-refractivity contribution in [2.24, 2.45) is 0 Å². The average Bonchev–Trinajstić information content (AvgIpc) is 2.18. The van der Waals surface area contributed by atoms with E-state index in [1.807, 2.05) is 0 Å². The zero-order chi connectivity index (χ0) is 12.0. The fourth-order valence-electron chi connectivity index (χ4n) is 1.02. The van der Waals surface area contributed by atoms with Gasteiger partial charge in [0.1, 0.15) is 0 Å². The standard InChI is InChI=1S/C9H11F3N2O2/c10-9(11,12)7-16-13-4-6-14-5-2-1-3-8(14)15/h1-3,5,13H,4,6-7H2. The molecule has 0 unspecified atom stereocenters. The Labute approximate surface area is 89.6 Å². The van der Waals surface area contributed by atoms with Crippen molar-refractivity contribution in [3.63, 3.8) is 0 Å². The van der Waals surface area contributed by atoms with E-state index in [1.165, 1.54) is 10.6 Å². The molecule has 0 saturated carbocycles. The van der Waals surface area contributed by atoms with Crippen molar-refractivity contribution in [3.8, 4) is 0 Å². The molecule has 0 aromatic carbocycles. The summed E-state index contributed by atoms with van der Waals surface area (Å²) in [6.45, 7) is -0.978. The van der Waals surface area contributed by atoms with Crippen LogP contribution in [0.1, 0.15) is 0 Å². The predicted octanol–water partition coefficient (Wildman–Crippen LogP) is 0.932. The topological polar surface area (TPSA) is 43.3 Å². The third-order valence-electron chi connectivity index (χ3n) is 1.69. The molecule has 1 N–H and O–H groups in total. The maximum absolute atomic E-state index is 11.6. The molecule has 0 saturated heterocycles. The summed E-state index contributed by atoms with van der Waals surface area (Å²) in [5.41, 5.74) is 1.93. The minimum Gasteiger partial charge on any atom is -0.314 e. The van der Waals surface area contributed by atoms with Gasteiger partial charge in [0.15, 0.2) is 6.61 Å². The van der Waals surface area contributed by atoms with Gasteiger partial charge in [-0.25, -0.2) is 5.48 Å². The zero-order valence-corrected chi connectivity index (χ0v) is 8.33. The Morgan fingerprint density at radius 1 is 1.38 bits per heavy atom. The fourth-order valence-corrected chi connectivity index (χ4v) is 1.02. The third-order valence-corrected chi connectivity index (χ3v) is 1.69. The molecule has 1 aromatic rings. The highest BCUT2D eigenvalue weighted by atomic mass is 19.4. The number of nitrogens with one attached hydrogen (secondary N) is 1. The van der Waals surface area contributed by atoms with Crippen molar-refractivity contribution < 1.29 is 18.0 Å². The third kappa shape index (κ3) is 4.94. The van der Waals surface area contributed by atoms with Gasteiger partial charge in [-0.05, 0) is 6.07 Å². The number of rotatable bonds is 5. The monoisotopic (exact) mass is 236 g/mol. The van der Waals surface area contributed by atoms with Crippen molar-refractivity contribution >= 4 is 0 Å². The molecular weight excluding hydrogens is 225 g/mol. The van der Waals surface area contributed by atoms with Crippen LogP contribution in [0.3, 0.4) is 0 Å². The normalized spacial score (nSPS) is 11.7. The first kappa shape index (κ1) is 12.7. The van der Waals surface area contributed by atoms with Gasteiger partial charge in [0.25, 0.3) is 5.56 Å². The molecular formula is C9H11F3N2O2. The average molecular weight is 236 g/mol. The molecule has 0 bridgehead atoms. The Morgan fingerprint density at radius 2 is 2.12 bits per heavy atom. The van der Waals surface area contributed by atoms with Crippen molar-refractivity contribution in [2.45, 2.75) is 12.7 Å². The first-order valence-corrected chi connectivity index (χ1v) is 4.56. The van der Waals surface area contributed by atoms with Gasteiger partial charge in [0.2, 0.25) is 0 Å². The molecule has 0 aliphatic heterocycles. The largest absolute Gasteiger partial charge is 0.413 e. The maximum Gasteiger partial charge on any atom is 0.413 e. The van der Waals surface area contributed by atoms with Gasteiger partial charge in [-0.15, -0.1) is 0 Å². The lowest BCUT2D eigenvalue weighted by molar-refractivity contribution is -0.189. The van der Waals surface area contributed by atoms with E-state index in [0.717, 1.165) is 0 Å². The van der Waals surface area contributed by atoms with Crippen LogP contribution in [0.2, 0.25) is 0 Å². The van der Waals surface area contributed by atoms with Crippen LogP contribution >= 0.6 is 0 Å². The summed E-state index contributed by atoms with van der Waals surface area (Å²) in [6, 6.07) is 4.63. The van der Waals surface area contributed by atoms with E-state index in [-0.39, 0.29) is 18.6 Å². The number of pyridine rings is 1. The van der Waals surface area contributed by atoms with Crippen molar-refractivity contribution in [2.75, 3.05) is 13.2 Å². The second kappa shape index (κ2) is 5.66. The van der Waals surface area contributed by atoms with Gasteiger partial charge >= 0.3 is 6.18 Å². The summed E-state index contributed by atoms with van der Waals surface area (Å²) in [7, 11) is 0. The molecule has 0 atom stereocenters. The minimum absolute atomic E-state index is 0.125. The number of nitrogens with zero attached hydrogens (tertiary/aromatic N) is 1. The minimum atomic E-state index is -4.35. The molecule has 4 nitrogen and oxygen atoms in total. The molecule has 16 heavy (non-hydrogen) atoms. The molecule has 90 valence electrons.